The lowest BCUT2D eigenvalue weighted by atomic mass is 10.3. The van der Waals surface area contributed by atoms with Crippen molar-refractivity contribution in [3.05, 3.63) is 22.2 Å². The highest BCUT2D eigenvalue weighted by Crippen LogP contribution is 1.95. The number of H-pyrrole nitrogens is 1. The zero-order valence-corrected chi connectivity index (χ0v) is 5.26. The number of rotatable bonds is 2. The van der Waals surface area contributed by atoms with E-state index in [2.05, 4.69) is 9.68 Å². The van der Waals surface area contributed by atoms with Gasteiger partial charge in [0.1, 0.15) is 5.76 Å². The Morgan fingerprint density at radius 3 is 3.10 bits per heavy atom. The number of hydrogen-bond acceptors (Lipinski definition) is 3. The maximum Gasteiger partial charge on any atom is 0.280 e. The Hall–Kier alpha value is -1.50. The van der Waals surface area contributed by atoms with Crippen LogP contribution in [0.1, 0.15) is 12.2 Å². The predicted molar refractivity (Wildman–Crippen MR) is 33.3 cm³/mol. The van der Waals surface area contributed by atoms with Crippen LogP contribution in [-0.4, -0.2) is 5.16 Å². The van der Waals surface area contributed by atoms with Crippen LogP contribution in [0.25, 0.3) is 0 Å². The van der Waals surface area contributed by atoms with E-state index >= 15 is 0 Å². The monoisotopic (exact) mass is 138 g/mol. The van der Waals surface area contributed by atoms with Gasteiger partial charge in [-0.3, -0.25) is 4.79 Å². The summed E-state index contributed by atoms with van der Waals surface area (Å²) in [4.78, 5) is 10.4. The van der Waals surface area contributed by atoms with Crippen LogP contribution in [0.3, 0.4) is 0 Å². The van der Waals surface area contributed by atoms with Gasteiger partial charge in [-0.2, -0.15) is 10.4 Å². The summed E-state index contributed by atoms with van der Waals surface area (Å²) in [6.07, 6.45) is 0.871. The van der Waals surface area contributed by atoms with Gasteiger partial charge in [0.05, 0.1) is 6.07 Å². The average molecular weight is 138 g/mol. The molecular formula is C6H6N2O2. The highest BCUT2D eigenvalue weighted by Gasteiger charge is 1.96. The van der Waals surface area contributed by atoms with Crippen molar-refractivity contribution in [3.63, 3.8) is 0 Å². The van der Waals surface area contributed by atoms with Gasteiger partial charge in [0.25, 0.3) is 5.56 Å². The van der Waals surface area contributed by atoms with Gasteiger partial charge in [-0.05, 0) is 0 Å². The fourth-order valence-electron chi connectivity index (χ4n) is 0.623. The van der Waals surface area contributed by atoms with E-state index in [4.69, 9.17) is 5.26 Å². The summed E-state index contributed by atoms with van der Waals surface area (Å²) >= 11 is 0. The van der Waals surface area contributed by atoms with Crippen molar-refractivity contribution in [1.29, 1.82) is 5.26 Å². The van der Waals surface area contributed by atoms with Gasteiger partial charge in [-0.15, -0.1) is 0 Å². The summed E-state index contributed by atoms with van der Waals surface area (Å²) in [6.45, 7) is 0. The fraction of sp³-hybridized carbons (Fsp3) is 0.333. The molecule has 0 unspecified atom stereocenters. The molecule has 0 saturated heterocycles. The third-order valence-corrected chi connectivity index (χ3v) is 1.06. The molecule has 1 heterocycles. The maximum atomic E-state index is 10.4. The molecule has 0 amide bonds. The first kappa shape index (κ1) is 6.62. The number of aromatic nitrogens is 1. The van der Waals surface area contributed by atoms with Crippen molar-refractivity contribution in [2.24, 2.45) is 0 Å². The van der Waals surface area contributed by atoms with Crippen LogP contribution < -0.4 is 5.56 Å². The zero-order chi connectivity index (χ0) is 7.40. The molecule has 52 valence electrons. The van der Waals surface area contributed by atoms with Crippen LogP contribution in [0.2, 0.25) is 0 Å². The van der Waals surface area contributed by atoms with E-state index in [0.29, 0.717) is 18.6 Å². The van der Waals surface area contributed by atoms with Crippen LogP contribution >= 0.6 is 0 Å². The molecule has 0 aliphatic heterocycles. The van der Waals surface area contributed by atoms with Gasteiger partial charge in [0, 0.05) is 18.9 Å². The second-order valence-electron chi connectivity index (χ2n) is 1.84. The molecule has 1 aromatic rings. The van der Waals surface area contributed by atoms with Gasteiger partial charge < -0.3 is 4.52 Å². The van der Waals surface area contributed by atoms with Crippen molar-refractivity contribution in [2.75, 3.05) is 0 Å². The summed E-state index contributed by atoms with van der Waals surface area (Å²) in [5.41, 5.74) is -0.257. The van der Waals surface area contributed by atoms with E-state index in [1.54, 1.807) is 0 Å². The van der Waals surface area contributed by atoms with Crippen molar-refractivity contribution in [3.8, 4) is 6.07 Å². The molecule has 1 aromatic heterocycles. The van der Waals surface area contributed by atoms with Crippen molar-refractivity contribution in [2.45, 2.75) is 12.8 Å². The Balaban J connectivity index is 2.61. The van der Waals surface area contributed by atoms with Gasteiger partial charge in [-0.1, -0.05) is 0 Å². The molecule has 0 saturated carbocycles. The normalized spacial score (nSPS) is 9.10. The van der Waals surface area contributed by atoms with Crippen LogP contribution in [0.5, 0.6) is 0 Å². The zero-order valence-electron chi connectivity index (χ0n) is 5.26. The van der Waals surface area contributed by atoms with Gasteiger partial charge in [0.2, 0.25) is 0 Å². The second-order valence-corrected chi connectivity index (χ2v) is 1.84. The number of nitriles is 1. The number of aromatic amines is 1. The Bertz CT molecular complexity index is 291. The van der Waals surface area contributed by atoms with E-state index < -0.39 is 0 Å². The Kier molecular flexibility index (Phi) is 1.90. The Morgan fingerprint density at radius 1 is 1.80 bits per heavy atom. The minimum atomic E-state index is -0.257. The van der Waals surface area contributed by atoms with Crippen LogP contribution in [0.4, 0.5) is 0 Å². The Labute approximate surface area is 57.0 Å². The van der Waals surface area contributed by atoms with Gasteiger partial charge in [-0.25, -0.2) is 0 Å². The first-order valence-electron chi connectivity index (χ1n) is 2.87. The van der Waals surface area contributed by atoms with E-state index in [9.17, 15) is 4.79 Å². The molecule has 1 rings (SSSR count). The third-order valence-electron chi connectivity index (χ3n) is 1.06. The predicted octanol–water partition coefficient (Wildman–Crippen LogP) is 0.424. The summed E-state index contributed by atoms with van der Waals surface area (Å²) in [5.74, 6) is 0.534. The molecule has 4 nitrogen and oxygen atoms in total. The molecule has 0 radical (unpaired) electrons. The molecule has 0 aliphatic carbocycles. The molecule has 0 aromatic carbocycles. The number of hydrogen-bond donors (Lipinski definition) is 1. The lowest BCUT2D eigenvalue weighted by Gasteiger charge is -1.82. The van der Waals surface area contributed by atoms with E-state index in [-0.39, 0.29) is 5.56 Å². The summed E-state index contributed by atoms with van der Waals surface area (Å²) in [6, 6.07) is 3.29. The standard InChI is InChI=1S/C6H6N2O2/c7-3-1-2-5-4-6(9)8-10-5/h4H,1-2H2,(H,8,9). The largest absolute Gasteiger partial charge is 0.384 e. The molecule has 0 aliphatic rings. The topological polar surface area (TPSA) is 69.8 Å². The van der Waals surface area contributed by atoms with Gasteiger partial charge in [0.15, 0.2) is 0 Å². The molecule has 10 heavy (non-hydrogen) atoms. The fourth-order valence-corrected chi connectivity index (χ4v) is 0.623. The summed E-state index contributed by atoms with van der Waals surface area (Å²) in [7, 11) is 0. The summed E-state index contributed by atoms with van der Waals surface area (Å²) < 4.78 is 4.68. The van der Waals surface area contributed by atoms with Gasteiger partial charge >= 0.3 is 0 Å². The minimum absolute atomic E-state index is 0.257. The quantitative estimate of drug-likeness (QED) is 0.644. The average Bonchev–Trinajstić information content (AvgIpc) is 2.31. The third kappa shape index (κ3) is 1.49. The molecule has 0 atom stereocenters. The minimum Gasteiger partial charge on any atom is -0.384 e. The lowest BCUT2D eigenvalue weighted by Crippen LogP contribution is -1.92. The molecule has 0 fully saturated rings. The molecular weight excluding hydrogens is 132 g/mol. The number of nitrogens with one attached hydrogen (secondary N) is 1. The van der Waals surface area contributed by atoms with Crippen LogP contribution in [-0.2, 0) is 6.42 Å². The first-order valence-corrected chi connectivity index (χ1v) is 2.87. The molecule has 1 N–H and O–H groups in total. The van der Waals surface area contributed by atoms with E-state index in [0.717, 1.165) is 0 Å². The Morgan fingerprint density at radius 2 is 2.60 bits per heavy atom. The first-order chi connectivity index (χ1) is 4.83. The van der Waals surface area contributed by atoms with E-state index in [1.807, 2.05) is 6.07 Å². The molecule has 4 heteroatoms. The van der Waals surface area contributed by atoms with Crippen molar-refractivity contribution in [1.82, 2.24) is 5.16 Å². The number of nitrogens with zero attached hydrogens (tertiary/aromatic N) is 1. The highest BCUT2D eigenvalue weighted by molar-refractivity contribution is 4.95. The molecule has 0 spiro atoms. The number of aryl methyl sites for hydroxylation is 1. The maximum absolute atomic E-state index is 10.4. The highest BCUT2D eigenvalue weighted by atomic mass is 16.5. The lowest BCUT2D eigenvalue weighted by molar-refractivity contribution is 0.379. The van der Waals surface area contributed by atoms with Crippen molar-refractivity contribution >= 4 is 0 Å². The van der Waals surface area contributed by atoms with Crippen molar-refractivity contribution < 1.29 is 4.52 Å². The van der Waals surface area contributed by atoms with Crippen LogP contribution in [0.15, 0.2) is 15.4 Å². The van der Waals surface area contributed by atoms with Crippen LogP contribution in [0, 0.1) is 11.3 Å². The van der Waals surface area contributed by atoms with E-state index in [1.165, 1.54) is 6.07 Å². The molecule has 0 bridgehead atoms. The second kappa shape index (κ2) is 2.87. The summed E-state index contributed by atoms with van der Waals surface area (Å²) in [5, 5.41) is 10.3. The SMILES string of the molecule is N#CCCc1cc(=O)[nH]o1. The smallest absolute Gasteiger partial charge is 0.280 e.